The summed E-state index contributed by atoms with van der Waals surface area (Å²) in [4.78, 5) is 55.6. The molecule has 0 radical (unpaired) electrons. The minimum atomic E-state index is -0.559. The third kappa shape index (κ3) is 3.32. The number of carbonyl (C=O) groups excluding carboxylic acids is 4. The molecule has 8 nitrogen and oxygen atoms in total. The highest BCUT2D eigenvalue weighted by molar-refractivity contribution is 6.16. The molecule has 0 bridgehead atoms. The second-order valence-corrected chi connectivity index (χ2v) is 8.24. The summed E-state index contributed by atoms with van der Waals surface area (Å²) in [5.74, 6) is -0.397. The fourth-order valence-corrected chi connectivity index (χ4v) is 4.78. The SMILES string of the molecule is O=C(CCN1C(=O)c2ccccc2N2C(=O)c3ccccc3[C@H]12)NCCN1CCCC1=O. The molecule has 8 heteroatoms. The van der Waals surface area contributed by atoms with Gasteiger partial charge in [-0.15, -0.1) is 0 Å². The maximum atomic E-state index is 13.3. The standard InChI is InChI=1S/C24H24N4O4/c29-20(25-12-15-26-13-5-10-21(26)30)11-14-27-22-16-6-1-2-7-17(16)24(32)28(22)19-9-4-3-8-18(19)23(27)31/h1-4,6-9,22H,5,10-15H2,(H,25,29)/t22-/m1/s1. The first-order valence-corrected chi connectivity index (χ1v) is 10.9. The Morgan fingerprint density at radius 2 is 1.69 bits per heavy atom. The van der Waals surface area contributed by atoms with E-state index in [1.165, 1.54) is 0 Å². The Balaban J connectivity index is 1.32. The van der Waals surface area contributed by atoms with Crippen molar-refractivity contribution in [2.24, 2.45) is 0 Å². The van der Waals surface area contributed by atoms with Gasteiger partial charge in [0, 0.05) is 50.1 Å². The molecule has 0 aromatic heterocycles. The lowest BCUT2D eigenvalue weighted by molar-refractivity contribution is -0.128. The smallest absolute Gasteiger partial charge is 0.260 e. The number of hydrogen-bond donors (Lipinski definition) is 1. The van der Waals surface area contributed by atoms with Crippen LogP contribution in [0.1, 0.15) is 51.7 Å². The number of benzene rings is 2. The zero-order valence-corrected chi connectivity index (χ0v) is 17.6. The quantitative estimate of drug-likeness (QED) is 0.755. The molecule has 3 heterocycles. The van der Waals surface area contributed by atoms with Gasteiger partial charge in [-0.05, 0) is 24.6 Å². The Kier molecular flexibility index (Phi) is 5.13. The number of nitrogens with zero attached hydrogens (tertiary/aromatic N) is 3. The second kappa shape index (κ2) is 8.11. The van der Waals surface area contributed by atoms with Crippen LogP contribution in [0.25, 0.3) is 0 Å². The van der Waals surface area contributed by atoms with Gasteiger partial charge in [0.15, 0.2) is 0 Å². The van der Waals surface area contributed by atoms with E-state index in [0.717, 1.165) is 18.5 Å². The van der Waals surface area contributed by atoms with Gasteiger partial charge in [-0.1, -0.05) is 30.3 Å². The first kappa shape index (κ1) is 20.2. The zero-order chi connectivity index (χ0) is 22.2. The summed E-state index contributed by atoms with van der Waals surface area (Å²) in [5, 5.41) is 2.84. The summed E-state index contributed by atoms with van der Waals surface area (Å²) in [6.45, 7) is 1.81. The summed E-state index contributed by atoms with van der Waals surface area (Å²) >= 11 is 0. The molecule has 0 aliphatic carbocycles. The van der Waals surface area contributed by atoms with Crippen molar-refractivity contribution in [3.05, 3.63) is 65.2 Å². The highest BCUT2D eigenvalue weighted by Crippen LogP contribution is 2.45. The summed E-state index contributed by atoms with van der Waals surface area (Å²) < 4.78 is 0. The number of hydrogen-bond acceptors (Lipinski definition) is 4. The van der Waals surface area contributed by atoms with Crippen molar-refractivity contribution < 1.29 is 19.2 Å². The van der Waals surface area contributed by atoms with E-state index in [2.05, 4.69) is 5.32 Å². The lowest BCUT2D eigenvalue weighted by atomic mass is 10.0. The number of rotatable bonds is 6. The van der Waals surface area contributed by atoms with E-state index in [0.29, 0.717) is 36.3 Å². The molecule has 1 atom stereocenters. The first-order chi connectivity index (χ1) is 15.6. The van der Waals surface area contributed by atoms with Gasteiger partial charge in [-0.3, -0.25) is 24.1 Å². The molecule has 0 unspecified atom stereocenters. The second-order valence-electron chi connectivity index (χ2n) is 8.24. The maximum Gasteiger partial charge on any atom is 0.260 e. The van der Waals surface area contributed by atoms with Gasteiger partial charge in [-0.2, -0.15) is 0 Å². The van der Waals surface area contributed by atoms with Crippen molar-refractivity contribution in [3.8, 4) is 0 Å². The molecule has 2 aromatic rings. The fraction of sp³-hybridized carbons (Fsp3) is 0.333. The largest absolute Gasteiger partial charge is 0.354 e. The molecular formula is C24H24N4O4. The Hall–Kier alpha value is -3.68. The molecule has 1 fully saturated rings. The van der Waals surface area contributed by atoms with Crippen molar-refractivity contribution in [1.82, 2.24) is 15.1 Å². The third-order valence-corrected chi connectivity index (χ3v) is 6.34. The molecular weight excluding hydrogens is 408 g/mol. The molecule has 0 saturated carbocycles. The van der Waals surface area contributed by atoms with E-state index < -0.39 is 6.17 Å². The van der Waals surface area contributed by atoms with Crippen LogP contribution < -0.4 is 10.2 Å². The lowest BCUT2D eigenvalue weighted by Gasteiger charge is -2.40. The van der Waals surface area contributed by atoms with Gasteiger partial charge in [-0.25, -0.2) is 0 Å². The minimum Gasteiger partial charge on any atom is -0.354 e. The Bertz CT molecular complexity index is 1110. The molecule has 2 aromatic carbocycles. The minimum absolute atomic E-state index is 0.114. The molecule has 1 N–H and O–H groups in total. The van der Waals surface area contributed by atoms with E-state index in [4.69, 9.17) is 0 Å². The topological polar surface area (TPSA) is 90.0 Å². The normalized spacial score (nSPS) is 19.2. The van der Waals surface area contributed by atoms with Crippen LogP contribution in [0.2, 0.25) is 0 Å². The third-order valence-electron chi connectivity index (χ3n) is 6.34. The highest BCUT2D eigenvalue weighted by Gasteiger charge is 2.47. The zero-order valence-electron chi connectivity index (χ0n) is 17.6. The number of anilines is 1. The van der Waals surface area contributed by atoms with Crippen LogP contribution in [0.3, 0.4) is 0 Å². The number of amides is 4. The van der Waals surface area contributed by atoms with Crippen LogP contribution in [0.5, 0.6) is 0 Å². The van der Waals surface area contributed by atoms with Crippen molar-refractivity contribution in [2.75, 3.05) is 31.1 Å². The van der Waals surface area contributed by atoms with Crippen molar-refractivity contribution in [1.29, 1.82) is 0 Å². The molecule has 5 rings (SSSR count). The number of carbonyl (C=O) groups is 4. The fourth-order valence-electron chi connectivity index (χ4n) is 4.78. The molecule has 3 aliphatic rings. The van der Waals surface area contributed by atoms with E-state index in [-0.39, 0.29) is 36.6 Å². The predicted octanol–water partition coefficient (Wildman–Crippen LogP) is 1.93. The van der Waals surface area contributed by atoms with Crippen molar-refractivity contribution in [2.45, 2.75) is 25.4 Å². The number of nitrogens with one attached hydrogen (secondary N) is 1. The average molecular weight is 432 g/mol. The summed E-state index contributed by atoms with van der Waals surface area (Å²) in [7, 11) is 0. The Morgan fingerprint density at radius 3 is 2.47 bits per heavy atom. The molecule has 32 heavy (non-hydrogen) atoms. The van der Waals surface area contributed by atoms with Gasteiger partial charge in [0.05, 0.1) is 11.3 Å². The molecule has 3 aliphatic heterocycles. The Labute approximate surface area is 185 Å². The Morgan fingerprint density at radius 1 is 0.938 bits per heavy atom. The van der Waals surface area contributed by atoms with Gasteiger partial charge in [0.1, 0.15) is 6.17 Å². The molecule has 4 amide bonds. The van der Waals surface area contributed by atoms with Crippen LogP contribution in [0, 0.1) is 0 Å². The number of likely N-dealkylation sites (tertiary alicyclic amines) is 1. The molecule has 0 spiro atoms. The number of fused-ring (bicyclic) bond motifs is 5. The summed E-state index contributed by atoms with van der Waals surface area (Å²) in [6.07, 6.45) is 0.993. The van der Waals surface area contributed by atoms with Crippen molar-refractivity contribution >= 4 is 29.3 Å². The van der Waals surface area contributed by atoms with Crippen LogP contribution in [-0.2, 0) is 9.59 Å². The van der Waals surface area contributed by atoms with Gasteiger partial charge >= 0.3 is 0 Å². The van der Waals surface area contributed by atoms with Gasteiger partial charge in [0.25, 0.3) is 11.8 Å². The number of para-hydroxylation sites is 1. The van der Waals surface area contributed by atoms with Crippen LogP contribution in [-0.4, -0.2) is 59.6 Å². The van der Waals surface area contributed by atoms with Crippen molar-refractivity contribution in [3.63, 3.8) is 0 Å². The predicted molar refractivity (Wildman–Crippen MR) is 117 cm³/mol. The van der Waals surface area contributed by atoms with E-state index >= 15 is 0 Å². The van der Waals surface area contributed by atoms with Gasteiger partial charge in [0.2, 0.25) is 11.8 Å². The monoisotopic (exact) mass is 432 g/mol. The average Bonchev–Trinajstić information content (AvgIpc) is 3.35. The molecule has 1 saturated heterocycles. The first-order valence-electron chi connectivity index (χ1n) is 10.9. The maximum absolute atomic E-state index is 13.3. The highest BCUT2D eigenvalue weighted by atomic mass is 16.2. The van der Waals surface area contributed by atoms with Crippen LogP contribution in [0.15, 0.2) is 48.5 Å². The van der Waals surface area contributed by atoms with Crippen LogP contribution in [0.4, 0.5) is 5.69 Å². The van der Waals surface area contributed by atoms with Crippen LogP contribution >= 0.6 is 0 Å². The molecule has 164 valence electrons. The summed E-state index contributed by atoms with van der Waals surface area (Å²) in [6, 6.07) is 14.4. The lowest BCUT2D eigenvalue weighted by Crippen LogP contribution is -2.49. The summed E-state index contributed by atoms with van der Waals surface area (Å²) in [5.41, 5.74) is 2.40. The van der Waals surface area contributed by atoms with E-state index in [1.807, 2.05) is 24.3 Å². The van der Waals surface area contributed by atoms with E-state index in [1.54, 1.807) is 39.0 Å². The van der Waals surface area contributed by atoms with E-state index in [9.17, 15) is 19.2 Å². The van der Waals surface area contributed by atoms with Gasteiger partial charge < -0.3 is 15.1 Å².